The fourth-order valence-electron chi connectivity index (χ4n) is 0.118. The summed E-state index contributed by atoms with van der Waals surface area (Å²) in [7, 11) is -1.60. The molecule has 0 aromatic rings. The van der Waals surface area contributed by atoms with Crippen molar-refractivity contribution in [1.82, 2.24) is 0 Å². The second-order valence-electron chi connectivity index (χ2n) is 3.22. The van der Waals surface area contributed by atoms with Crippen LogP contribution in [0.15, 0.2) is 0 Å². The Hall–Kier alpha value is -0.210. The van der Waals surface area contributed by atoms with Crippen LogP contribution < -0.4 is 0 Å². The zero-order chi connectivity index (χ0) is 11.8. The average molecular weight is 230 g/mol. The minimum absolute atomic E-state index is 0.0451. The lowest BCUT2D eigenvalue weighted by atomic mass is 9.97. The summed E-state index contributed by atoms with van der Waals surface area (Å²) in [5.41, 5.74) is -0.306. The van der Waals surface area contributed by atoms with E-state index >= 15 is 0 Å². The highest BCUT2D eigenvalue weighted by molar-refractivity contribution is 7.81. The van der Waals surface area contributed by atoms with Crippen LogP contribution in [0.3, 0.4) is 0 Å². The molecule has 6 nitrogen and oxygen atoms in total. The first-order valence-electron chi connectivity index (χ1n) is 3.82. The Morgan fingerprint density at radius 3 is 1.36 bits per heavy atom. The molecule has 0 aromatic heterocycles. The minimum Gasteiger partial charge on any atom is -0.396 e. The molecule has 14 heavy (non-hydrogen) atoms. The van der Waals surface area contributed by atoms with Gasteiger partial charge in [0, 0.05) is 5.41 Å². The zero-order valence-electron chi connectivity index (χ0n) is 8.85. The van der Waals surface area contributed by atoms with Gasteiger partial charge in [0.05, 0.1) is 27.4 Å². The Bertz CT molecular complexity index is 204. The van der Waals surface area contributed by atoms with Crippen LogP contribution in [0.5, 0.6) is 0 Å². The molecule has 0 aromatic carbocycles. The zero-order valence-corrected chi connectivity index (χ0v) is 9.67. The van der Waals surface area contributed by atoms with E-state index in [-0.39, 0.29) is 18.6 Å². The highest BCUT2D eigenvalue weighted by atomic mass is 32.3. The molecule has 0 fully saturated rings. The molecule has 0 radical (unpaired) electrons. The van der Waals surface area contributed by atoms with Gasteiger partial charge < -0.3 is 10.2 Å². The number of hydrogen-bond donors (Lipinski definition) is 2. The summed E-state index contributed by atoms with van der Waals surface area (Å²) >= 11 is 0. The lowest BCUT2D eigenvalue weighted by molar-refractivity contribution is 0.0857. The van der Waals surface area contributed by atoms with Crippen molar-refractivity contribution in [3.05, 3.63) is 0 Å². The van der Waals surface area contributed by atoms with E-state index in [9.17, 15) is 8.42 Å². The van der Waals surface area contributed by atoms with Gasteiger partial charge in [0.15, 0.2) is 0 Å². The van der Waals surface area contributed by atoms with Gasteiger partial charge >= 0.3 is 10.4 Å². The van der Waals surface area contributed by atoms with E-state index in [2.05, 4.69) is 8.37 Å². The van der Waals surface area contributed by atoms with Gasteiger partial charge in [0.1, 0.15) is 0 Å². The number of hydrogen-bond acceptors (Lipinski definition) is 6. The topological polar surface area (TPSA) is 93.1 Å². The lowest BCUT2D eigenvalue weighted by Crippen LogP contribution is -2.20. The summed E-state index contributed by atoms with van der Waals surface area (Å²) in [5, 5.41) is 16.9. The largest absolute Gasteiger partial charge is 0.399 e. The molecular weight excluding hydrogens is 212 g/mol. The lowest BCUT2D eigenvalue weighted by Gasteiger charge is -2.16. The Labute approximate surface area is 84.8 Å². The van der Waals surface area contributed by atoms with Crippen molar-refractivity contribution in [1.29, 1.82) is 0 Å². The van der Waals surface area contributed by atoms with Crippen LogP contribution in [0.25, 0.3) is 0 Å². The first kappa shape index (κ1) is 16.2. The first-order valence-corrected chi connectivity index (χ1v) is 5.16. The third kappa shape index (κ3) is 9.87. The quantitative estimate of drug-likeness (QED) is 0.677. The normalized spacial score (nSPS) is 11.9. The third-order valence-electron chi connectivity index (χ3n) is 1.26. The van der Waals surface area contributed by atoms with Gasteiger partial charge in [0.25, 0.3) is 0 Å². The minimum atomic E-state index is -3.66. The molecule has 88 valence electrons. The predicted octanol–water partition coefficient (Wildman–Crippen LogP) is -0.479. The number of aliphatic hydroxyl groups excluding tert-OH is 2. The molecule has 0 aliphatic carbocycles. The van der Waals surface area contributed by atoms with E-state index in [0.717, 1.165) is 14.2 Å². The van der Waals surface area contributed by atoms with E-state index in [1.54, 1.807) is 13.8 Å². The number of rotatable bonds is 4. The van der Waals surface area contributed by atoms with Crippen LogP contribution in [0.4, 0.5) is 0 Å². The fourth-order valence-corrected chi connectivity index (χ4v) is 0.254. The molecule has 0 aliphatic rings. The van der Waals surface area contributed by atoms with Crippen LogP contribution in [-0.2, 0) is 18.8 Å². The SMILES string of the molecule is CC(C)(CO)CO.COS(=O)(=O)OC. The Morgan fingerprint density at radius 2 is 1.36 bits per heavy atom. The maximum absolute atomic E-state index is 9.92. The highest BCUT2D eigenvalue weighted by Crippen LogP contribution is 2.10. The van der Waals surface area contributed by atoms with Gasteiger partial charge in [-0.1, -0.05) is 13.8 Å². The van der Waals surface area contributed by atoms with Crippen LogP contribution in [-0.4, -0.2) is 46.1 Å². The molecule has 0 spiro atoms. The van der Waals surface area contributed by atoms with Gasteiger partial charge in [-0.3, -0.25) is 8.37 Å². The summed E-state index contributed by atoms with van der Waals surface area (Å²) < 4.78 is 27.5. The smallest absolute Gasteiger partial charge is 0.396 e. The summed E-state index contributed by atoms with van der Waals surface area (Å²) in [4.78, 5) is 0. The summed E-state index contributed by atoms with van der Waals surface area (Å²) in [6.07, 6.45) is 0. The van der Waals surface area contributed by atoms with Gasteiger partial charge in [-0.15, -0.1) is 0 Å². The summed E-state index contributed by atoms with van der Waals surface area (Å²) in [6.45, 7) is 3.69. The van der Waals surface area contributed by atoms with Crippen molar-refractivity contribution in [3.8, 4) is 0 Å². The van der Waals surface area contributed by atoms with E-state index < -0.39 is 10.4 Å². The third-order valence-corrected chi connectivity index (χ3v) is 2.08. The van der Waals surface area contributed by atoms with Crippen LogP contribution in [0.1, 0.15) is 13.8 Å². The van der Waals surface area contributed by atoms with Crippen LogP contribution >= 0.6 is 0 Å². The monoisotopic (exact) mass is 230 g/mol. The van der Waals surface area contributed by atoms with Crippen molar-refractivity contribution < 1.29 is 27.0 Å². The maximum Gasteiger partial charge on any atom is 0.399 e. The van der Waals surface area contributed by atoms with E-state index in [1.165, 1.54) is 0 Å². The standard InChI is InChI=1S/C5H12O2.C2H6O4S/c1-5(2,3-6)4-7;1-5-7(3,4)6-2/h6-7H,3-4H2,1-2H3;1-2H3. The molecule has 0 bridgehead atoms. The van der Waals surface area contributed by atoms with Crippen molar-refractivity contribution >= 4 is 10.4 Å². The molecule has 0 atom stereocenters. The Morgan fingerprint density at radius 1 is 1.07 bits per heavy atom. The molecule has 0 saturated carbocycles. The Balaban J connectivity index is 0. The average Bonchev–Trinajstić information content (AvgIpc) is 2.19. The molecule has 0 unspecified atom stereocenters. The predicted molar refractivity (Wildman–Crippen MR) is 50.9 cm³/mol. The van der Waals surface area contributed by atoms with E-state index in [1.807, 2.05) is 0 Å². The maximum atomic E-state index is 9.92. The van der Waals surface area contributed by atoms with Crippen molar-refractivity contribution in [3.63, 3.8) is 0 Å². The highest BCUT2D eigenvalue weighted by Gasteiger charge is 2.13. The summed E-state index contributed by atoms with van der Waals surface area (Å²) in [6, 6.07) is 0. The molecule has 0 amide bonds. The van der Waals surface area contributed by atoms with Crippen molar-refractivity contribution in [2.75, 3.05) is 27.4 Å². The Kier molecular flexibility index (Phi) is 8.27. The summed E-state index contributed by atoms with van der Waals surface area (Å²) in [5.74, 6) is 0. The molecular formula is C7H18O6S. The molecule has 0 heterocycles. The molecule has 2 N–H and O–H groups in total. The van der Waals surface area contributed by atoms with Gasteiger partial charge in [-0.25, -0.2) is 0 Å². The molecule has 0 saturated heterocycles. The molecule has 0 rings (SSSR count). The van der Waals surface area contributed by atoms with Gasteiger partial charge in [0.2, 0.25) is 0 Å². The fraction of sp³-hybridized carbons (Fsp3) is 1.00. The first-order chi connectivity index (χ1) is 6.24. The van der Waals surface area contributed by atoms with E-state index in [4.69, 9.17) is 10.2 Å². The van der Waals surface area contributed by atoms with Crippen LogP contribution in [0, 0.1) is 5.41 Å². The van der Waals surface area contributed by atoms with Gasteiger partial charge in [-0.2, -0.15) is 8.42 Å². The second kappa shape index (κ2) is 7.13. The van der Waals surface area contributed by atoms with Gasteiger partial charge in [-0.05, 0) is 0 Å². The number of aliphatic hydroxyl groups is 2. The van der Waals surface area contributed by atoms with Crippen LogP contribution in [0.2, 0.25) is 0 Å². The molecule has 7 heteroatoms. The van der Waals surface area contributed by atoms with Crippen molar-refractivity contribution in [2.45, 2.75) is 13.8 Å². The van der Waals surface area contributed by atoms with Crippen molar-refractivity contribution in [2.24, 2.45) is 5.41 Å². The van der Waals surface area contributed by atoms with E-state index in [0.29, 0.717) is 0 Å². The second-order valence-corrected chi connectivity index (χ2v) is 4.71. The molecule has 0 aliphatic heterocycles.